The van der Waals surface area contributed by atoms with E-state index < -0.39 is 46.4 Å². The van der Waals surface area contributed by atoms with Gasteiger partial charge in [-0.05, 0) is 12.1 Å². The van der Waals surface area contributed by atoms with Gasteiger partial charge in [0.15, 0.2) is 11.9 Å². The maximum Gasteiger partial charge on any atom is 0.387 e. The summed E-state index contributed by atoms with van der Waals surface area (Å²) < 4.78 is 41.1. The number of carboxylic acids is 1. The molecule has 0 fully saturated rings. The molecule has 104 valence electrons. The van der Waals surface area contributed by atoms with Gasteiger partial charge in [-0.25, -0.2) is 4.79 Å². The molecule has 0 amide bonds. The van der Waals surface area contributed by atoms with Crippen LogP contribution in [0.4, 0.5) is 18.9 Å². The van der Waals surface area contributed by atoms with E-state index in [1.54, 1.807) is 0 Å². The SMILES string of the molecule is O=C(O)C(O)c1ccc(OC(F)F)c(F)c1[N+](=O)[O-]. The summed E-state index contributed by atoms with van der Waals surface area (Å²) in [5, 5.41) is 28.3. The summed E-state index contributed by atoms with van der Waals surface area (Å²) >= 11 is 0. The van der Waals surface area contributed by atoms with Crippen molar-refractivity contribution in [1.82, 2.24) is 0 Å². The molecule has 0 aromatic heterocycles. The van der Waals surface area contributed by atoms with Gasteiger partial charge >= 0.3 is 18.3 Å². The predicted octanol–water partition coefficient (Wildman–Crippen LogP) is 1.45. The van der Waals surface area contributed by atoms with Gasteiger partial charge in [0.2, 0.25) is 5.82 Å². The second-order valence-electron chi connectivity index (χ2n) is 3.19. The molecule has 1 unspecified atom stereocenters. The Balaban J connectivity index is 3.40. The van der Waals surface area contributed by atoms with E-state index in [1.807, 2.05) is 0 Å². The average molecular weight is 281 g/mol. The van der Waals surface area contributed by atoms with E-state index in [0.29, 0.717) is 12.1 Å². The molecule has 0 aliphatic heterocycles. The molecule has 7 nitrogen and oxygen atoms in total. The highest BCUT2D eigenvalue weighted by Crippen LogP contribution is 2.34. The van der Waals surface area contributed by atoms with Crippen LogP contribution in [0.5, 0.6) is 5.75 Å². The molecule has 0 saturated carbocycles. The van der Waals surface area contributed by atoms with Crippen LogP contribution in [0.15, 0.2) is 12.1 Å². The number of carbonyl (C=O) groups is 1. The number of ether oxygens (including phenoxy) is 1. The minimum absolute atomic E-state index is 0.565. The number of nitro groups is 1. The standard InChI is InChI=1S/C9H6F3NO6/c10-5-4(19-9(11)12)2-1-3(6(5)13(17)18)7(14)8(15)16/h1-2,7,9,14H,(H,15,16). The second-order valence-corrected chi connectivity index (χ2v) is 3.19. The van der Waals surface area contributed by atoms with Gasteiger partial charge in [0, 0.05) is 0 Å². The van der Waals surface area contributed by atoms with Crippen molar-refractivity contribution in [2.75, 3.05) is 0 Å². The number of benzene rings is 1. The topological polar surface area (TPSA) is 110 Å². The normalized spacial score (nSPS) is 12.3. The summed E-state index contributed by atoms with van der Waals surface area (Å²) in [5.41, 5.74) is -2.32. The largest absolute Gasteiger partial charge is 0.479 e. The summed E-state index contributed by atoms with van der Waals surface area (Å²) in [7, 11) is 0. The molecule has 2 N–H and O–H groups in total. The average Bonchev–Trinajstić information content (AvgIpc) is 2.29. The molecule has 0 aliphatic carbocycles. The van der Waals surface area contributed by atoms with Crippen LogP contribution >= 0.6 is 0 Å². The van der Waals surface area contributed by atoms with Gasteiger partial charge < -0.3 is 14.9 Å². The first-order valence-corrected chi connectivity index (χ1v) is 4.58. The number of alkyl halides is 2. The van der Waals surface area contributed by atoms with Crippen LogP contribution in [0.2, 0.25) is 0 Å². The molecule has 0 heterocycles. The molecule has 1 rings (SSSR count). The number of hydrogen-bond donors (Lipinski definition) is 2. The number of aliphatic hydroxyl groups is 1. The first kappa shape index (κ1) is 14.7. The van der Waals surface area contributed by atoms with Gasteiger partial charge in [-0.3, -0.25) is 10.1 Å². The second kappa shape index (κ2) is 5.52. The van der Waals surface area contributed by atoms with Gasteiger partial charge in [0.25, 0.3) is 0 Å². The van der Waals surface area contributed by atoms with E-state index in [-0.39, 0.29) is 0 Å². The van der Waals surface area contributed by atoms with Crippen LogP contribution in [0.1, 0.15) is 11.7 Å². The summed E-state index contributed by atoms with van der Waals surface area (Å²) in [5.74, 6) is -4.77. The Labute approximate surface area is 103 Å². The van der Waals surface area contributed by atoms with E-state index in [9.17, 15) is 28.1 Å². The van der Waals surface area contributed by atoms with Gasteiger partial charge in [0.05, 0.1) is 10.5 Å². The van der Waals surface area contributed by atoms with E-state index in [4.69, 9.17) is 10.2 Å². The third-order valence-corrected chi connectivity index (χ3v) is 2.04. The molecule has 1 aromatic rings. The van der Waals surface area contributed by atoms with Crippen LogP contribution in [0.3, 0.4) is 0 Å². The molecule has 0 saturated heterocycles. The predicted molar refractivity (Wildman–Crippen MR) is 52.3 cm³/mol. The van der Waals surface area contributed by atoms with Crippen molar-refractivity contribution in [1.29, 1.82) is 0 Å². The maximum atomic E-state index is 13.6. The molecule has 19 heavy (non-hydrogen) atoms. The van der Waals surface area contributed by atoms with Crippen molar-refractivity contribution in [3.8, 4) is 5.75 Å². The van der Waals surface area contributed by atoms with Crippen LogP contribution < -0.4 is 4.74 Å². The summed E-state index contributed by atoms with van der Waals surface area (Å²) in [4.78, 5) is 19.8. The molecule has 0 aliphatic rings. The Bertz CT molecular complexity index is 521. The molecule has 0 radical (unpaired) electrons. The summed E-state index contributed by atoms with van der Waals surface area (Å²) in [6.45, 7) is -3.41. The highest BCUT2D eigenvalue weighted by molar-refractivity contribution is 5.76. The zero-order valence-corrected chi connectivity index (χ0v) is 8.92. The van der Waals surface area contributed by atoms with Gasteiger partial charge in [0.1, 0.15) is 0 Å². The molecule has 0 spiro atoms. The Morgan fingerprint density at radius 1 is 1.42 bits per heavy atom. The monoisotopic (exact) mass is 281 g/mol. The quantitative estimate of drug-likeness (QED) is 0.624. The Hall–Kier alpha value is -2.36. The number of rotatable bonds is 5. The van der Waals surface area contributed by atoms with Crippen molar-refractivity contribution in [3.05, 3.63) is 33.6 Å². The third-order valence-electron chi connectivity index (χ3n) is 2.04. The zero-order valence-electron chi connectivity index (χ0n) is 8.92. The lowest BCUT2D eigenvalue weighted by atomic mass is 10.1. The minimum Gasteiger partial charge on any atom is -0.479 e. The van der Waals surface area contributed by atoms with E-state index in [1.165, 1.54) is 0 Å². The maximum absolute atomic E-state index is 13.6. The number of aliphatic hydroxyl groups excluding tert-OH is 1. The lowest BCUT2D eigenvalue weighted by molar-refractivity contribution is -0.388. The Morgan fingerprint density at radius 3 is 2.42 bits per heavy atom. The molecular weight excluding hydrogens is 275 g/mol. The van der Waals surface area contributed by atoms with Crippen molar-refractivity contribution in [2.24, 2.45) is 0 Å². The fourth-order valence-electron chi connectivity index (χ4n) is 1.29. The molecule has 0 bridgehead atoms. The molecular formula is C9H6F3NO6. The highest BCUT2D eigenvalue weighted by atomic mass is 19.3. The van der Waals surface area contributed by atoms with E-state index in [0.717, 1.165) is 0 Å². The van der Waals surface area contributed by atoms with Crippen molar-refractivity contribution in [2.45, 2.75) is 12.7 Å². The molecule has 1 atom stereocenters. The smallest absolute Gasteiger partial charge is 0.387 e. The number of nitrogens with zero attached hydrogens (tertiary/aromatic N) is 1. The van der Waals surface area contributed by atoms with Crippen LogP contribution in [0, 0.1) is 15.9 Å². The van der Waals surface area contributed by atoms with Crippen molar-refractivity contribution >= 4 is 11.7 Å². The number of nitro benzene ring substituents is 1. The number of aliphatic carboxylic acids is 1. The lowest BCUT2D eigenvalue weighted by Gasteiger charge is -2.10. The first-order valence-electron chi connectivity index (χ1n) is 4.58. The third kappa shape index (κ3) is 3.10. The van der Waals surface area contributed by atoms with Gasteiger partial charge in [-0.1, -0.05) is 0 Å². The van der Waals surface area contributed by atoms with Crippen molar-refractivity contribution < 1.29 is 37.8 Å². The number of hydrogen-bond acceptors (Lipinski definition) is 5. The summed E-state index contributed by atoms with van der Waals surface area (Å²) in [6, 6.07) is 1.19. The molecule has 1 aromatic carbocycles. The van der Waals surface area contributed by atoms with Crippen molar-refractivity contribution in [3.63, 3.8) is 0 Å². The summed E-state index contributed by atoms with van der Waals surface area (Å²) in [6.07, 6.45) is -2.37. The lowest BCUT2D eigenvalue weighted by Crippen LogP contribution is -2.14. The fraction of sp³-hybridized carbons (Fsp3) is 0.222. The van der Waals surface area contributed by atoms with E-state index in [2.05, 4.69) is 4.74 Å². The Kier molecular flexibility index (Phi) is 4.27. The van der Waals surface area contributed by atoms with Gasteiger partial charge in [-0.2, -0.15) is 13.2 Å². The van der Waals surface area contributed by atoms with E-state index >= 15 is 0 Å². The number of carboxylic acid groups (broad SMARTS) is 1. The van der Waals surface area contributed by atoms with Gasteiger partial charge in [-0.15, -0.1) is 0 Å². The first-order chi connectivity index (χ1) is 8.75. The highest BCUT2D eigenvalue weighted by Gasteiger charge is 2.32. The minimum atomic E-state index is -3.41. The Morgan fingerprint density at radius 2 is 2.00 bits per heavy atom. The number of halogens is 3. The van der Waals surface area contributed by atoms with Crippen LogP contribution in [-0.2, 0) is 4.79 Å². The van der Waals surface area contributed by atoms with Crippen LogP contribution in [-0.4, -0.2) is 27.7 Å². The molecule has 10 heteroatoms. The zero-order chi connectivity index (χ0) is 14.7. The van der Waals surface area contributed by atoms with Crippen LogP contribution in [0.25, 0.3) is 0 Å². The fourth-order valence-corrected chi connectivity index (χ4v) is 1.29.